The lowest BCUT2D eigenvalue weighted by molar-refractivity contribution is -0.137. The van der Waals surface area contributed by atoms with Gasteiger partial charge in [0.05, 0.1) is 5.92 Å². The number of carbonyl (C=O) groups is 2. The molecule has 1 aromatic rings. The highest BCUT2D eigenvalue weighted by atomic mass is 16.4. The van der Waals surface area contributed by atoms with Gasteiger partial charge in [-0.05, 0) is 38.3 Å². The van der Waals surface area contributed by atoms with Gasteiger partial charge in [0.1, 0.15) is 6.54 Å². The zero-order chi connectivity index (χ0) is 15.0. The van der Waals surface area contributed by atoms with Crippen LogP contribution in [0.25, 0.3) is 0 Å². The summed E-state index contributed by atoms with van der Waals surface area (Å²) in [4.78, 5) is 25.3. The van der Waals surface area contributed by atoms with Gasteiger partial charge in [-0.2, -0.15) is 0 Å². The number of anilines is 1. The second kappa shape index (κ2) is 5.48. The van der Waals surface area contributed by atoms with Gasteiger partial charge in [0, 0.05) is 17.8 Å². The molecule has 0 aromatic heterocycles. The SMILES string of the molecule is Cc1ccc(N(CC(=O)O)C(=O)C2CC3CCC2N3)cc1. The Morgan fingerprint density at radius 1 is 1.29 bits per heavy atom. The average molecular weight is 288 g/mol. The van der Waals surface area contributed by atoms with Gasteiger partial charge in [-0.3, -0.25) is 9.59 Å². The molecule has 5 heteroatoms. The van der Waals surface area contributed by atoms with Crippen molar-refractivity contribution in [3.05, 3.63) is 29.8 Å². The fourth-order valence-corrected chi connectivity index (χ4v) is 3.45. The fourth-order valence-electron chi connectivity index (χ4n) is 3.45. The van der Waals surface area contributed by atoms with Crippen molar-refractivity contribution in [2.24, 2.45) is 5.92 Å². The third-order valence-corrected chi connectivity index (χ3v) is 4.52. The van der Waals surface area contributed by atoms with Crippen LogP contribution in [-0.4, -0.2) is 35.6 Å². The predicted molar refractivity (Wildman–Crippen MR) is 79.2 cm³/mol. The number of hydrogen-bond donors (Lipinski definition) is 2. The number of hydrogen-bond acceptors (Lipinski definition) is 3. The first-order valence-electron chi connectivity index (χ1n) is 7.40. The summed E-state index contributed by atoms with van der Waals surface area (Å²) in [5.74, 6) is -1.15. The highest BCUT2D eigenvalue weighted by Crippen LogP contribution is 2.35. The second-order valence-electron chi connectivity index (χ2n) is 6.04. The van der Waals surface area contributed by atoms with Crippen molar-refractivity contribution in [1.29, 1.82) is 0 Å². The number of carboxylic acid groups (broad SMARTS) is 1. The number of aryl methyl sites for hydroxylation is 1. The maximum Gasteiger partial charge on any atom is 0.323 e. The molecular formula is C16H20N2O3. The first-order chi connectivity index (χ1) is 10.0. The molecule has 3 unspecified atom stereocenters. The van der Waals surface area contributed by atoms with Crippen LogP contribution in [0.1, 0.15) is 24.8 Å². The molecule has 0 spiro atoms. The number of nitrogens with zero attached hydrogens (tertiary/aromatic N) is 1. The molecule has 2 heterocycles. The molecule has 0 radical (unpaired) electrons. The van der Waals surface area contributed by atoms with Crippen molar-refractivity contribution in [3.63, 3.8) is 0 Å². The number of amides is 1. The van der Waals surface area contributed by atoms with E-state index in [0.717, 1.165) is 24.8 Å². The topological polar surface area (TPSA) is 69.6 Å². The standard InChI is InChI=1S/C16H20N2O3/c1-10-2-5-12(6-3-10)18(9-15(19)20)16(21)13-8-11-4-7-14(13)17-11/h2-3,5-6,11,13-14,17H,4,7-9H2,1H3,(H,19,20). The Balaban J connectivity index is 1.83. The van der Waals surface area contributed by atoms with Crippen molar-refractivity contribution < 1.29 is 14.7 Å². The lowest BCUT2D eigenvalue weighted by Gasteiger charge is -2.27. The summed E-state index contributed by atoms with van der Waals surface area (Å²) in [6.45, 7) is 1.68. The van der Waals surface area contributed by atoms with E-state index in [1.165, 1.54) is 4.90 Å². The molecule has 2 bridgehead atoms. The summed E-state index contributed by atoms with van der Waals surface area (Å²) in [6, 6.07) is 8.07. The van der Waals surface area contributed by atoms with Gasteiger partial charge in [0.15, 0.2) is 0 Å². The predicted octanol–water partition coefficient (Wildman–Crippen LogP) is 1.55. The van der Waals surface area contributed by atoms with E-state index in [9.17, 15) is 9.59 Å². The zero-order valence-corrected chi connectivity index (χ0v) is 12.1. The molecule has 3 rings (SSSR count). The van der Waals surface area contributed by atoms with Crippen LogP contribution in [0.5, 0.6) is 0 Å². The molecule has 1 aromatic carbocycles. The van der Waals surface area contributed by atoms with Gasteiger partial charge in [-0.25, -0.2) is 0 Å². The van der Waals surface area contributed by atoms with Crippen molar-refractivity contribution >= 4 is 17.6 Å². The molecule has 5 nitrogen and oxygen atoms in total. The molecule has 0 aliphatic carbocycles. The third kappa shape index (κ3) is 2.78. The molecular weight excluding hydrogens is 268 g/mol. The highest BCUT2D eigenvalue weighted by Gasteiger charge is 2.44. The molecule has 112 valence electrons. The molecule has 2 aliphatic heterocycles. The lowest BCUT2D eigenvalue weighted by Crippen LogP contribution is -2.43. The monoisotopic (exact) mass is 288 g/mol. The van der Waals surface area contributed by atoms with Crippen LogP contribution >= 0.6 is 0 Å². The minimum Gasteiger partial charge on any atom is -0.480 e. The highest BCUT2D eigenvalue weighted by molar-refractivity contribution is 5.99. The smallest absolute Gasteiger partial charge is 0.323 e. The van der Waals surface area contributed by atoms with E-state index in [1.54, 1.807) is 0 Å². The Labute approximate surface area is 123 Å². The van der Waals surface area contributed by atoms with Gasteiger partial charge in [-0.1, -0.05) is 17.7 Å². The van der Waals surface area contributed by atoms with Crippen molar-refractivity contribution in [3.8, 4) is 0 Å². The quantitative estimate of drug-likeness (QED) is 0.882. The van der Waals surface area contributed by atoms with E-state index >= 15 is 0 Å². The number of fused-ring (bicyclic) bond motifs is 2. The largest absolute Gasteiger partial charge is 0.480 e. The lowest BCUT2D eigenvalue weighted by atomic mass is 9.88. The van der Waals surface area contributed by atoms with E-state index in [-0.39, 0.29) is 24.4 Å². The number of nitrogens with one attached hydrogen (secondary N) is 1. The molecule has 1 amide bonds. The molecule has 2 N–H and O–H groups in total. The summed E-state index contributed by atoms with van der Waals surface area (Å²) in [6.07, 6.45) is 2.96. The van der Waals surface area contributed by atoms with E-state index in [1.807, 2.05) is 31.2 Å². The number of benzene rings is 1. The van der Waals surface area contributed by atoms with E-state index in [0.29, 0.717) is 11.7 Å². The molecule has 2 saturated heterocycles. The van der Waals surface area contributed by atoms with Crippen molar-refractivity contribution in [2.75, 3.05) is 11.4 Å². The van der Waals surface area contributed by atoms with Crippen molar-refractivity contribution in [1.82, 2.24) is 5.32 Å². The van der Waals surface area contributed by atoms with E-state index in [2.05, 4.69) is 5.32 Å². The number of carbonyl (C=O) groups excluding carboxylic acids is 1. The number of rotatable bonds is 4. The fraction of sp³-hybridized carbons (Fsp3) is 0.500. The molecule has 0 saturated carbocycles. The average Bonchev–Trinajstić information content (AvgIpc) is 3.07. The zero-order valence-electron chi connectivity index (χ0n) is 12.1. The minimum atomic E-state index is -0.986. The first kappa shape index (κ1) is 14.1. The molecule has 3 atom stereocenters. The molecule has 2 fully saturated rings. The van der Waals surface area contributed by atoms with Gasteiger partial charge in [-0.15, -0.1) is 0 Å². The van der Waals surface area contributed by atoms with Crippen LogP contribution in [-0.2, 0) is 9.59 Å². The normalized spacial score (nSPS) is 26.8. The van der Waals surface area contributed by atoms with Crippen LogP contribution in [0, 0.1) is 12.8 Å². The summed E-state index contributed by atoms with van der Waals surface area (Å²) in [5.41, 5.74) is 1.75. The summed E-state index contributed by atoms with van der Waals surface area (Å²) < 4.78 is 0. The number of aliphatic carboxylic acids is 1. The van der Waals surface area contributed by atoms with Gasteiger partial charge < -0.3 is 15.3 Å². The van der Waals surface area contributed by atoms with E-state index in [4.69, 9.17) is 5.11 Å². The van der Waals surface area contributed by atoms with Gasteiger partial charge in [0.25, 0.3) is 0 Å². The summed E-state index contributed by atoms with van der Waals surface area (Å²) in [7, 11) is 0. The van der Waals surface area contributed by atoms with E-state index < -0.39 is 5.97 Å². The molecule has 21 heavy (non-hydrogen) atoms. The third-order valence-electron chi connectivity index (χ3n) is 4.52. The maximum atomic E-state index is 12.8. The van der Waals surface area contributed by atoms with Gasteiger partial charge >= 0.3 is 5.97 Å². The second-order valence-corrected chi connectivity index (χ2v) is 6.04. The van der Waals surface area contributed by atoms with Crippen molar-refractivity contribution in [2.45, 2.75) is 38.3 Å². The molecule has 2 aliphatic rings. The summed E-state index contributed by atoms with van der Waals surface area (Å²) in [5, 5.41) is 12.5. The Morgan fingerprint density at radius 2 is 2.00 bits per heavy atom. The van der Waals surface area contributed by atoms with Gasteiger partial charge in [0.2, 0.25) is 5.91 Å². The Kier molecular flexibility index (Phi) is 3.68. The Bertz CT molecular complexity index is 555. The maximum absolute atomic E-state index is 12.8. The Hall–Kier alpha value is -1.88. The van der Waals surface area contributed by atoms with Crippen LogP contribution in [0.4, 0.5) is 5.69 Å². The van der Waals surface area contributed by atoms with Crippen LogP contribution in [0.2, 0.25) is 0 Å². The number of carboxylic acids is 1. The van der Waals surface area contributed by atoms with Crippen LogP contribution < -0.4 is 10.2 Å². The first-order valence-corrected chi connectivity index (χ1v) is 7.40. The van der Waals surface area contributed by atoms with Crippen LogP contribution in [0.15, 0.2) is 24.3 Å². The Morgan fingerprint density at radius 3 is 2.52 bits per heavy atom. The van der Waals surface area contributed by atoms with Crippen LogP contribution in [0.3, 0.4) is 0 Å². The minimum absolute atomic E-state index is 0.0686. The summed E-state index contributed by atoms with van der Waals surface area (Å²) >= 11 is 0.